The van der Waals surface area contributed by atoms with E-state index >= 15 is 0 Å². The zero-order valence-electron chi connectivity index (χ0n) is 24.0. The third-order valence-electron chi connectivity index (χ3n) is 7.96. The van der Waals surface area contributed by atoms with E-state index < -0.39 is 29.5 Å². The summed E-state index contributed by atoms with van der Waals surface area (Å²) in [5.41, 5.74) is 2.74. The van der Waals surface area contributed by atoms with Crippen molar-refractivity contribution in [3.8, 4) is 11.6 Å². The summed E-state index contributed by atoms with van der Waals surface area (Å²) in [4.78, 5) is 29.4. The first-order valence-electron chi connectivity index (χ1n) is 14.3. The lowest BCUT2D eigenvalue weighted by Crippen LogP contribution is -2.36. The molecule has 0 spiro atoms. The van der Waals surface area contributed by atoms with Gasteiger partial charge in [0.15, 0.2) is 11.5 Å². The molecule has 3 heterocycles. The average Bonchev–Trinajstić information content (AvgIpc) is 3.65. The Morgan fingerprint density at radius 2 is 1.88 bits per heavy atom. The Balaban J connectivity index is 1.34. The highest BCUT2D eigenvalue weighted by Crippen LogP contribution is 2.37. The molecule has 9 nitrogen and oxygen atoms in total. The van der Waals surface area contributed by atoms with Gasteiger partial charge in [-0.2, -0.15) is 18.3 Å². The molecule has 1 N–H and O–H groups in total. The summed E-state index contributed by atoms with van der Waals surface area (Å²) in [5, 5.41) is 13.0. The standard InChI is InChI=1S/C31H33F3N4O5/c1-3-42-29(39)24-17-35-38(28(24)31(32,33)34)27-9-5-8-25(36-27)23-7-4-6-22(23)18-43-26-11-10-21(16-19(26)2)20-12-14-37(15-13-20)30(40)41/h5,8-11,16-17,20H,3-4,6-7,12-15,18H2,1-2H3,(H,40,41). The van der Waals surface area contributed by atoms with E-state index in [-0.39, 0.29) is 12.4 Å². The molecular formula is C31H33F3N4O5. The van der Waals surface area contributed by atoms with E-state index in [4.69, 9.17) is 9.47 Å². The van der Waals surface area contributed by atoms with Crippen LogP contribution in [0.15, 0.2) is 48.2 Å². The van der Waals surface area contributed by atoms with Crippen LogP contribution in [0.2, 0.25) is 0 Å². The molecule has 2 aliphatic rings. The van der Waals surface area contributed by atoms with Gasteiger partial charge in [-0.15, -0.1) is 0 Å². The molecule has 1 saturated heterocycles. The molecule has 0 radical (unpaired) electrons. The van der Waals surface area contributed by atoms with E-state index in [1.165, 1.54) is 23.5 Å². The first-order valence-corrected chi connectivity index (χ1v) is 14.3. The number of allylic oxidation sites excluding steroid dienone is 1. The highest BCUT2D eigenvalue weighted by Gasteiger charge is 2.41. The Hall–Kier alpha value is -4.35. The molecule has 1 amide bonds. The summed E-state index contributed by atoms with van der Waals surface area (Å²) in [7, 11) is 0. The van der Waals surface area contributed by atoms with E-state index in [9.17, 15) is 27.9 Å². The summed E-state index contributed by atoms with van der Waals surface area (Å²) < 4.78 is 53.7. The van der Waals surface area contributed by atoms with Crippen molar-refractivity contribution >= 4 is 17.6 Å². The average molecular weight is 599 g/mol. The molecule has 228 valence electrons. The Labute approximate surface area is 246 Å². The largest absolute Gasteiger partial charge is 0.489 e. The van der Waals surface area contributed by atoms with Gasteiger partial charge in [0, 0.05) is 13.1 Å². The SMILES string of the molecule is CCOC(=O)c1cnn(-c2cccc(C3=C(COc4ccc(C5CCN(C(=O)O)CC5)cc4C)CCC3)n2)c1C(F)(F)F. The van der Waals surface area contributed by atoms with E-state index in [1.54, 1.807) is 12.1 Å². The Morgan fingerprint density at radius 1 is 1.12 bits per heavy atom. The van der Waals surface area contributed by atoms with Crippen LogP contribution in [0.4, 0.5) is 18.0 Å². The maximum atomic E-state index is 14.0. The van der Waals surface area contributed by atoms with Crippen LogP contribution in [-0.2, 0) is 10.9 Å². The van der Waals surface area contributed by atoms with Crippen LogP contribution < -0.4 is 4.74 Å². The van der Waals surface area contributed by atoms with Gasteiger partial charge in [0.25, 0.3) is 0 Å². The molecule has 43 heavy (non-hydrogen) atoms. The minimum absolute atomic E-state index is 0.0549. The van der Waals surface area contributed by atoms with Gasteiger partial charge in [0.05, 0.1) is 18.5 Å². The number of hydrogen-bond acceptors (Lipinski definition) is 6. The van der Waals surface area contributed by atoms with Gasteiger partial charge >= 0.3 is 18.2 Å². The van der Waals surface area contributed by atoms with Crippen molar-refractivity contribution in [1.29, 1.82) is 0 Å². The van der Waals surface area contributed by atoms with Crippen LogP contribution in [0.3, 0.4) is 0 Å². The molecule has 0 atom stereocenters. The van der Waals surface area contributed by atoms with Gasteiger partial charge in [-0.3, -0.25) is 0 Å². The number of carbonyl (C=O) groups is 2. The fourth-order valence-electron chi connectivity index (χ4n) is 5.79. The molecule has 12 heteroatoms. The zero-order chi connectivity index (χ0) is 30.7. The van der Waals surface area contributed by atoms with Crippen molar-refractivity contribution in [2.24, 2.45) is 0 Å². The number of benzene rings is 1. The van der Waals surface area contributed by atoms with Crippen molar-refractivity contribution in [2.45, 2.75) is 58.0 Å². The summed E-state index contributed by atoms with van der Waals surface area (Å²) in [6.45, 7) is 4.80. The second kappa shape index (κ2) is 12.5. The van der Waals surface area contributed by atoms with Crippen LogP contribution in [0.25, 0.3) is 11.4 Å². The van der Waals surface area contributed by atoms with Crippen molar-refractivity contribution in [3.63, 3.8) is 0 Å². The van der Waals surface area contributed by atoms with E-state index in [1.807, 2.05) is 19.1 Å². The maximum absolute atomic E-state index is 14.0. The second-order valence-corrected chi connectivity index (χ2v) is 10.7. The number of piperidine rings is 1. The third-order valence-corrected chi connectivity index (χ3v) is 7.96. The normalized spacial score (nSPS) is 16.1. The number of carboxylic acid groups (broad SMARTS) is 1. The molecule has 1 aliphatic heterocycles. The molecular weight excluding hydrogens is 565 g/mol. The first kappa shape index (κ1) is 30.1. The number of amides is 1. The smallest absolute Gasteiger partial charge is 0.434 e. The molecule has 0 saturated carbocycles. The number of esters is 1. The van der Waals surface area contributed by atoms with Crippen LogP contribution in [0.5, 0.6) is 5.75 Å². The molecule has 1 aromatic carbocycles. The van der Waals surface area contributed by atoms with Crippen molar-refractivity contribution in [2.75, 3.05) is 26.3 Å². The molecule has 2 aromatic heterocycles. The molecule has 0 unspecified atom stereocenters. The Kier molecular flexibility index (Phi) is 8.74. The number of likely N-dealkylation sites (tertiary alicyclic amines) is 1. The summed E-state index contributed by atoms with van der Waals surface area (Å²) in [6.07, 6.45) is -0.958. The number of alkyl halides is 3. The predicted octanol–water partition coefficient (Wildman–Crippen LogP) is 6.65. The number of pyridine rings is 1. The monoisotopic (exact) mass is 598 g/mol. The fraction of sp³-hybridized carbons (Fsp3) is 0.419. The molecule has 1 fully saturated rings. The predicted molar refractivity (Wildman–Crippen MR) is 151 cm³/mol. The van der Waals surface area contributed by atoms with Gasteiger partial charge in [0.1, 0.15) is 17.9 Å². The second-order valence-electron chi connectivity index (χ2n) is 10.7. The Morgan fingerprint density at radius 3 is 2.56 bits per heavy atom. The molecule has 5 rings (SSSR count). The van der Waals surface area contributed by atoms with Crippen LogP contribution in [-0.4, -0.2) is 63.1 Å². The number of ether oxygens (including phenoxy) is 2. The van der Waals surface area contributed by atoms with E-state index in [0.29, 0.717) is 42.4 Å². The highest BCUT2D eigenvalue weighted by atomic mass is 19.4. The topological polar surface area (TPSA) is 107 Å². The minimum Gasteiger partial charge on any atom is -0.489 e. The van der Waals surface area contributed by atoms with Crippen molar-refractivity contribution in [1.82, 2.24) is 19.7 Å². The lowest BCUT2D eigenvalue weighted by molar-refractivity contribution is -0.143. The van der Waals surface area contributed by atoms with Gasteiger partial charge in [-0.05, 0) is 92.3 Å². The summed E-state index contributed by atoms with van der Waals surface area (Å²) >= 11 is 0. The summed E-state index contributed by atoms with van der Waals surface area (Å²) in [5.74, 6) is -0.111. The number of rotatable bonds is 8. The van der Waals surface area contributed by atoms with E-state index in [2.05, 4.69) is 16.1 Å². The summed E-state index contributed by atoms with van der Waals surface area (Å²) in [6, 6.07) is 10.9. The maximum Gasteiger partial charge on any atom is 0.434 e. The molecule has 0 bridgehead atoms. The van der Waals surface area contributed by atoms with Crippen LogP contribution in [0.1, 0.15) is 77.8 Å². The zero-order valence-corrected chi connectivity index (χ0v) is 24.0. The fourth-order valence-corrected chi connectivity index (χ4v) is 5.79. The van der Waals surface area contributed by atoms with Crippen molar-refractivity contribution < 1.29 is 37.3 Å². The number of hydrogen-bond donors (Lipinski definition) is 1. The quantitative estimate of drug-likeness (QED) is 0.290. The first-order chi connectivity index (χ1) is 20.6. The Bertz CT molecular complexity index is 1540. The minimum atomic E-state index is -4.86. The number of halogens is 3. The number of aryl methyl sites for hydroxylation is 1. The lowest BCUT2D eigenvalue weighted by atomic mass is 9.88. The van der Waals surface area contributed by atoms with Gasteiger partial charge < -0.3 is 19.5 Å². The number of carbonyl (C=O) groups excluding carboxylic acids is 1. The van der Waals surface area contributed by atoms with Crippen LogP contribution in [0, 0.1) is 6.92 Å². The van der Waals surface area contributed by atoms with Gasteiger partial charge in [-0.1, -0.05) is 18.2 Å². The van der Waals surface area contributed by atoms with Crippen molar-refractivity contribution in [3.05, 3.63) is 76.2 Å². The molecule has 1 aliphatic carbocycles. The number of nitrogens with zero attached hydrogens (tertiary/aromatic N) is 4. The van der Waals surface area contributed by atoms with Gasteiger partial charge in [0.2, 0.25) is 0 Å². The highest BCUT2D eigenvalue weighted by molar-refractivity contribution is 5.90. The van der Waals surface area contributed by atoms with Crippen LogP contribution >= 0.6 is 0 Å². The van der Waals surface area contributed by atoms with Gasteiger partial charge in [-0.25, -0.2) is 19.3 Å². The molecule has 3 aromatic rings. The lowest BCUT2D eigenvalue weighted by Gasteiger charge is -2.30. The van der Waals surface area contributed by atoms with E-state index in [0.717, 1.165) is 54.3 Å². The number of aromatic nitrogens is 3. The third kappa shape index (κ3) is 6.52.